The monoisotopic (exact) mass is 357 g/mol. The molecule has 0 spiro atoms. The summed E-state index contributed by atoms with van der Waals surface area (Å²) in [5.41, 5.74) is 1.75. The highest BCUT2D eigenvalue weighted by Gasteiger charge is 2.53. The van der Waals surface area contributed by atoms with Crippen molar-refractivity contribution in [3.8, 4) is 23.3 Å². The van der Waals surface area contributed by atoms with Crippen LogP contribution in [0.25, 0.3) is 0 Å². The van der Waals surface area contributed by atoms with Crippen molar-refractivity contribution >= 4 is 0 Å². The molecule has 1 heterocycles. The van der Waals surface area contributed by atoms with Crippen LogP contribution in [0.1, 0.15) is 41.6 Å². The lowest BCUT2D eigenvalue weighted by atomic mass is 9.79. The summed E-state index contributed by atoms with van der Waals surface area (Å²) in [6.07, 6.45) is -1.18. The smallest absolute Gasteiger partial charge is 0.249 e. The third kappa shape index (κ3) is 2.74. The first kappa shape index (κ1) is 16.6. The number of fused-ring (bicyclic) bond motifs is 3. The summed E-state index contributed by atoms with van der Waals surface area (Å²) in [7, 11) is 0. The van der Waals surface area contributed by atoms with Crippen LogP contribution >= 0.6 is 0 Å². The summed E-state index contributed by atoms with van der Waals surface area (Å²) < 4.78 is 34.6. The minimum Gasteiger partial charge on any atom is -0.508 e. The Hall–Kier alpha value is -2.81. The van der Waals surface area contributed by atoms with Crippen LogP contribution in [-0.4, -0.2) is 16.1 Å². The molecule has 2 N–H and O–H groups in total. The number of hydrogen-bond acceptors (Lipinski definition) is 4. The van der Waals surface area contributed by atoms with Crippen LogP contribution < -0.4 is 4.74 Å². The summed E-state index contributed by atoms with van der Waals surface area (Å²) in [5.74, 6) is -3.25. The first-order chi connectivity index (χ1) is 12.4. The molecule has 4 rings (SSSR count). The van der Waals surface area contributed by atoms with Gasteiger partial charge in [-0.3, -0.25) is 0 Å². The van der Waals surface area contributed by atoms with Crippen LogP contribution in [-0.2, 0) is 6.42 Å². The zero-order valence-electron chi connectivity index (χ0n) is 13.8. The molecule has 2 aromatic rings. The average Bonchev–Trinajstić information content (AvgIpc) is 2.91. The van der Waals surface area contributed by atoms with Crippen molar-refractivity contribution in [2.75, 3.05) is 0 Å². The van der Waals surface area contributed by atoms with E-state index in [0.717, 1.165) is 0 Å². The van der Waals surface area contributed by atoms with Crippen LogP contribution in [0.15, 0.2) is 36.4 Å². The number of nitrogens with zero attached hydrogens (tertiary/aromatic N) is 1. The molecule has 2 aromatic carbocycles. The van der Waals surface area contributed by atoms with Gasteiger partial charge in [0, 0.05) is 35.8 Å². The van der Waals surface area contributed by atoms with E-state index in [4.69, 9.17) is 10.00 Å². The molecule has 6 heteroatoms. The SMILES string of the molecule is N#CCc1cc(O)cc2c1O[C@@H](c1ccc(O)cc1)[C@H]1CC(F)(F)C[C@@H]21. The molecule has 4 nitrogen and oxygen atoms in total. The zero-order chi connectivity index (χ0) is 18.5. The number of benzene rings is 2. The van der Waals surface area contributed by atoms with Gasteiger partial charge in [-0.05, 0) is 29.8 Å². The van der Waals surface area contributed by atoms with Crippen LogP contribution in [0.4, 0.5) is 8.78 Å². The topological polar surface area (TPSA) is 73.5 Å². The third-order valence-corrected chi connectivity index (χ3v) is 5.27. The summed E-state index contributed by atoms with van der Waals surface area (Å²) >= 11 is 0. The van der Waals surface area contributed by atoms with Gasteiger partial charge in [-0.1, -0.05) is 12.1 Å². The largest absolute Gasteiger partial charge is 0.508 e. The molecule has 1 aliphatic heterocycles. The predicted molar refractivity (Wildman–Crippen MR) is 89.3 cm³/mol. The van der Waals surface area contributed by atoms with E-state index in [1.54, 1.807) is 12.1 Å². The fourth-order valence-electron chi connectivity index (χ4n) is 4.23. The Balaban J connectivity index is 1.85. The standard InChI is InChI=1S/C20H17F2NO3/c21-20(22)9-16-15-8-14(25)7-12(5-6-23)19(15)26-18(17(16)10-20)11-1-3-13(24)4-2-11/h1-4,7-8,16-18,24-25H,5,9-10H2/t16-,17-,18-/m0/s1. The highest BCUT2D eigenvalue weighted by atomic mass is 19.3. The van der Waals surface area contributed by atoms with E-state index in [1.807, 2.05) is 6.07 Å². The van der Waals surface area contributed by atoms with Gasteiger partial charge in [0.1, 0.15) is 23.4 Å². The third-order valence-electron chi connectivity index (χ3n) is 5.27. The van der Waals surface area contributed by atoms with Gasteiger partial charge < -0.3 is 14.9 Å². The Bertz CT molecular complexity index is 889. The highest BCUT2D eigenvalue weighted by Crippen LogP contribution is 2.59. The predicted octanol–water partition coefficient (Wildman–Crippen LogP) is 4.43. The van der Waals surface area contributed by atoms with E-state index in [-0.39, 0.29) is 30.8 Å². The van der Waals surface area contributed by atoms with Gasteiger partial charge in [0.05, 0.1) is 12.5 Å². The Morgan fingerprint density at radius 3 is 2.54 bits per heavy atom. The molecule has 3 atom stereocenters. The fourth-order valence-corrected chi connectivity index (χ4v) is 4.23. The Kier molecular flexibility index (Phi) is 3.76. The molecule has 1 saturated carbocycles. The number of nitriles is 1. The molecule has 26 heavy (non-hydrogen) atoms. The number of hydrogen-bond donors (Lipinski definition) is 2. The number of phenolic OH excluding ortho intramolecular Hbond substituents is 2. The molecular formula is C20H17F2NO3. The van der Waals surface area contributed by atoms with Crippen molar-refractivity contribution in [3.05, 3.63) is 53.1 Å². The number of alkyl halides is 2. The quantitative estimate of drug-likeness (QED) is 0.834. The maximum absolute atomic E-state index is 14.2. The first-order valence-electron chi connectivity index (χ1n) is 8.44. The van der Waals surface area contributed by atoms with Crippen LogP contribution in [0.5, 0.6) is 17.2 Å². The minimum atomic E-state index is -2.81. The number of rotatable bonds is 2. The van der Waals surface area contributed by atoms with Gasteiger partial charge in [-0.2, -0.15) is 5.26 Å². The van der Waals surface area contributed by atoms with Gasteiger partial charge in [-0.15, -0.1) is 0 Å². The Labute approximate surface area is 149 Å². The van der Waals surface area contributed by atoms with Gasteiger partial charge in [-0.25, -0.2) is 8.78 Å². The molecule has 134 valence electrons. The molecule has 1 aliphatic carbocycles. The lowest BCUT2D eigenvalue weighted by Gasteiger charge is -2.37. The van der Waals surface area contributed by atoms with Crippen molar-refractivity contribution in [1.82, 2.24) is 0 Å². The second kappa shape index (κ2) is 5.87. The Morgan fingerprint density at radius 2 is 1.85 bits per heavy atom. The summed E-state index contributed by atoms with van der Waals surface area (Å²) in [5, 5.41) is 28.5. The first-order valence-corrected chi connectivity index (χ1v) is 8.44. The van der Waals surface area contributed by atoms with E-state index in [9.17, 15) is 19.0 Å². The van der Waals surface area contributed by atoms with Crippen molar-refractivity contribution in [3.63, 3.8) is 0 Å². The van der Waals surface area contributed by atoms with Gasteiger partial charge >= 0.3 is 0 Å². The summed E-state index contributed by atoms with van der Waals surface area (Å²) in [4.78, 5) is 0. The Morgan fingerprint density at radius 1 is 1.12 bits per heavy atom. The molecule has 2 aliphatic rings. The van der Waals surface area contributed by atoms with Gasteiger partial charge in [0.15, 0.2) is 0 Å². The van der Waals surface area contributed by atoms with E-state index >= 15 is 0 Å². The van der Waals surface area contributed by atoms with Crippen molar-refractivity contribution in [1.29, 1.82) is 5.26 Å². The number of ether oxygens (including phenoxy) is 1. The molecule has 0 saturated heterocycles. The lowest BCUT2D eigenvalue weighted by Crippen LogP contribution is -2.27. The van der Waals surface area contributed by atoms with Crippen molar-refractivity contribution in [2.45, 2.75) is 37.2 Å². The molecule has 0 radical (unpaired) electrons. The molecule has 0 aromatic heterocycles. The second-order valence-corrected chi connectivity index (χ2v) is 7.02. The molecule has 0 bridgehead atoms. The van der Waals surface area contributed by atoms with Crippen molar-refractivity contribution < 1.29 is 23.7 Å². The van der Waals surface area contributed by atoms with Crippen LogP contribution in [0, 0.1) is 17.2 Å². The summed E-state index contributed by atoms with van der Waals surface area (Å²) in [6, 6.07) is 11.3. The van der Waals surface area contributed by atoms with Crippen molar-refractivity contribution in [2.24, 2.45) is 5.92 Å². The van der Waals surface area contributed by atoms with Crippen LogP contribution in [0.3, 0.4) is 0 Å². The van der Waals surface area contributed by atoms with Crippen LogP contribution in [0.2, 0.25) is 0 Å². The highest BCUT2D eigenvalue weighted by molar-refractivity contribution is 5.52. The molecule has 0 amide bonds. The maximum atomic E-state index is 14.2. The van der Waals surface area contributed by atoms with Gasteiger partial charge in [0.25, 0.3) is 0 Å². The number of halogens is 2. The average molecular weight is 357 g/mol. The fraction of sp³-hybridized carbons (Fsp3) is 0.350. The summed E-state index contributed by atoms with van der Waals surface area (Å²) in [6.45, 7) is 0. The van der Waals surface area contributed by atoms with E-state index < -0.39 is 23.9 Å². The van der Waals surface area contributed by atoms with E-state index in [2.05, 4.69) is 0 Å². The van der Waals surface area contributed by atoms with E-state index in [0.29, 0.717) is 22.4 Å². The minimum absolute atomic E-state index is 0.0206. The lowest BCUT2D eigenvalue weighted by molar-refractivity contribution is -0.00235. The number of aromatic hydroxyl groups is 2. The molecule has 0 unspecified atom stereocenters. The normalized spacial score (nSPS) is 25.7. The molecule has 1 fully saturated rings. The van der Waals surface area contributed by atoms with E-state index in [1.165, 1.54) is 24.3 Å². The van der Waals surface area contributed by atoms with Gasteiger partial charge in [0.2, 0.25) is 5.92 Å². The maximum Gasteiger partial charge on any atom is 0.249 e. The second-order valence-electron chi connectivity index (χ2n) is 7.02. The molecular weight excluding hydrogens is 340 g/mol. The zero-order valence-corrected chi connectivity index (χ0v) is 13.8. The number of phenols is 2.